The van der Waals surface area contributed by atoms with Gasteiger partial charge in [0.2, 0.25) is 0 Å². The summed E-state index contributed by atoms with van der Waals surface area (Å²) in [6.45, 7) is 5.95. The van der Waals surface area contributed by atoms with Gasteiger partial charge in [-0.25, -0.2) is 4.98 Å². The summed E-state index contributed by atoms with van der Waals surface area (Å²) in [5.74, 6) is 3.41. The molecule has 0 bridgehead atoms. The van der Waals surface area contributed by atoms with Crippen molar-refractivity contribution in [2.24, 2.45) is 0 Å². The number of benzene rings is 3. The minimum atomic E-state index is 0.535. The third kappa shape index (κ3) is 5.08. The Bertz CT molecular complexity index is 1110. The minimum Gasteiger partial charge on any atom is -0.497 e. The SMILES string of the molecule is COc1ccc(Cc2nc3ccccc3n2CCCOc2ccc(C(C)C)cc2)cc1. The average molecular weight is 415 g/mol. The van der Waals surface area contributed by atoms with E-state index in [9.17, 15) is 0 Å². The van der Waals surface area contributed by atoms with Crippen molar-refractivity contribution in [2.75, 3.05) is 13.7 Å². The highest BCUT2D eigenvalue weighted by Gasteiger charge is 2.11. The van der Waals surface area contributed by atoms with Crippen LogP contribution in [0.4, 0.5) is 0 Å². The number of para-hydroxylation sites is 2. The molecule has 0 saturated heterocycles. The highest BCUT2D eigenvalue weighted by Crippen LogP contribution is 2.21. The summed E-state index contributed by atoms with van der Waals surface area (Å²) >= 11 is 0. The molecular weight excluding hydrogens is 384 g/mol. The lowest BCUT2D eigenvalue weighted by atomic mass is 10.0. The fourth-order valence-electron chi connectivity index (χ4n) is 3.80. The van der Waals surface area contributed by atoms with Crippen LogP contribution in [-0.4, -0.2) is 23.3 Å². The molecule has 1 heterocycles. The van der Waals surface area contributed by atoms with E-state index in [-0.39, 0.29) is 0 Å². The molecule has 0 atom stereocenters. The summed E-state index contributed by atoms with van der Waals surface area (Å²) in [6, 6.07) is 25.0. The highest BCUT2D eigenvalue weighted by atomic mass is 16.5. The molecule has 4 nitrogen and oxygen atoms in total. The van der Waals surface area contributed by atoms with Gasteiger partial charge in [0.15, 0.2) is 0 Å². The van der Waals surface area contributed by atoms with Gasteiger partial charge in [0.25, 0.3) is 0 Å². The maximum absolute atomic E-state index is 5.99. The lowest BCUT2D eigenvalue weighted by Crippen LogP contribution is -2.08. The van der Waals surface area contributed by atoms with Crippen molar-refractivity contribution in [1.82, 2.24) is 9.55 Å². The largest absolute Gasteiger partial charge is 0.497 e. The Morgan fingerprint density at radius 2 is 1.58 bits per heavy atom. The number of ether oxygens (including phenoxy) is 2. The molecule has 0 aliphatic carbocycles. The van der Waals surface area contributed by atoms with Crippen molar-refractivity contribution in [3.63, 3.8) is 0 Å². The Kier molecular flexibility index (Phi) is 6.56. The molecule has 0 N–H and O–H groups in total. The molecule has 4 heteroatoms. The third-order valence-corrected chi connectivity index (χ3v) is 5.60. The van der Waals surface area contributed by atoms with Crippen LogP contribution in [0.3, 0.4) is 0 Å². The average Bonchev–Trinajstić information content (AvgIpc) is 3.14. The van der Waals surface area contributed by atoms with Crippen LogP contribution >= 0.6 is 0 Å². The number of nitrogens with zero attached hydrogens (tertiary/aromatic N) is 2. The standard InChI is InChI=1S/C27H30N2O2/c1-20(2)22-11-15-24(16-12-22)31-18-6-17-29-26-8-5-4-7-25(26)28-27(29)19-21-9-13-23(30-3)14-10-21/h4-5,7-16,20H,6,17-19H2,1-3H3. The summed E-state index contributed by atoms with van der Waals surface area (Å²) in [7, 11) is 1.69. The Morgan fingerprint density at radius 3 is 2.29 bits per heavy atom. The van der Waals surface area contributed by atoms with Crippen LogP contribution in [0.15, 0.2) is 72.8 Å². The van der Waals surface area contributed by atoms with E-state index in [1.807, 2.05) is 18.2 Å². The molecule has 0 fully saturated rings. The van der Waals surface area contributed by atoms with Gasteiger partial charge in [-0.15, -0.1) is 0 Å². The first-order valence-corrected chi connectivity index (χ1v) is 10.9. The topological polar surface area (TPSA) is 36.3 Å². The van der Waals surface area contributed by atoms with Gasteiger partial charge < -0.3 is 14.0 Å². The zero-order valence-electron chi connectivity index (χ0n) is 18.5. The minimum absolute atomic E-state index is 0.535. The number of rotatable bonds is 9. The van der Waals surface area contributed by atoms with Gasteiger partial charge >= 0.3 is 0 Å². The number of fused-ring (bicyclic) bond motifs is 1. The maximum Gasteiger partial charge on any atom is 0.119 e. The van der Waals surface area contributed by atoms with Crippen molar-refractivity contribution < 1.29 is 9.47 Å². The van der Waals surface area contributed by atoms with Crippen LogP contribution in [0.1, 0.15) is 43.1 Å². The van der Waals surface area contributed by atoms with Crippen LogP contribution in [0.2, 0.25) is 0 Å². The van der Waals surface area contributed by atoms with E-state index >= 15 is 0 Å². The number of aryl methyl sites for hydroxylation is 1. The Balaban J connectivity index is 1.44. The molecule has 1 aromatic heterocycles. The van der Waals surface area contributed by atoms with E-state index in [1.165, 1.54) is 16.6 Å². The molecule has 0 radical (unpaired) electrons. The normalized spacial score (nSPS) is 11.2. The van der Waals surface area contributed by atoms with E-state index in [0.29, 0.717) is 12.5 Å². The van der Waals surface area contributed by atoms with E-state index in [4.69, 9.17) is 14.5 Å². The first kappa shape index (κ1) is 21.0. The predicted molar refractivity (Wildman–Crippen MR) is 126 cm³/mol. The van der Waals surface area contributed by atoms with Gasteiger partial charge in [0.05, 0.1) is 24.8 Å². The highest BCUT2D eigenvalue weighted by molar-refractivity contribution is 5.76. The second-order valence-electron chi connectivity index (χ2n) is 8.12. The second kappa shape index (κ2) is 9.69. The van der Waals surface area contributed by atoms with Crippen molar-refractivity contribution >= 4 is 11.0 Å². The fraction of sp³-hybridized carbons (Fsp3) is 0.296. The van der Waals surface area contributed by atoms with Crippen LogP contribution in [0.5, 0.6) is 11.5 Å². The van der Waals surface area contributed by atoms with Crippen LogP contribution in [0, 0.1) is 0 Å². The monoisotopic (exact) mass is 414 g/mol. The van der Waals surface area contributed by atoms with E-state index < -0.39 is 0 Å². The summed E-state index contributed by atoms with van der Waals surface area (Å²) < 4.78 is 13.6. The zero-order valence-corrected chi connectivity index (χ0v) is 18.5. The molecular formula is C27H30N2O2. The van der Waals surface area contributed by atoms with Crippen molar-refractivity contribution in [2.45, 2.75) is 39.2 Å². The van der Waals surface area contributed by atoms with Crippen LogP contribution in [-0.2, 0) is 13.0 Å². The summed E-state index contributed by atoms with van der Waals surface area (Å²) in [6.07, 6.45) is 1.71. The molecule has 0 spiro atoms. The second-order valence-corrected chi connectivity index (χ2v) is 8.12. The van der Waals surface area contributed by atoms with Crippen molar-refractivity contribution in [1.29, 1.82) is 0 Å². The summed E-state index contributed by atoms with van der Waals surface area (Å²) in [4.78, 5) is 4.90. The number of hydrogen-bond acceptors (Lipinski definition) is 3. The predicted octanol–water partition coefficient (Wildman–Crippen LogP) is 6.23. The molecule has 0 unspecified atom stereocenters. The van der Waals surface area contributed by atoms with Crippen LogP contribution in [0.25, 0.3) is 11.0 Å². The number of aromatic nitrogens is 2. The quantitative estimate of drug-likeness (QED) is 0.305. The van der Waals surface area contributed by atoms with E-state index in [1.54, 1.807) is 7.11 Å². The molecule has 3 aromatic carbocycles. The maximum atomic E-state index is 5.99. The van der Waals surface area contributed by atoms with E-state index in [2.05, 4.69) is 73.0 Å². The Morgan fingerprint density at radius 1 is 0.871 bits per heavy atom. The van der Waals surface area contributed by atoms with Gasteiger partial charge in [-0.3, -0.25) is 0 Å². The third-order valence-electron chi connectivity index (χ3n) is 5.60. The molecule has 0 saturated carbocycles. The molecule has 160 valence electrons. The van der Waals surface area contributed by atoms with Gasteiger partial charge in [-0.05, 0) is 59.9 Å². The molecule has 4 rings (SSSR count). The smallest absolute Gasteiger partial charge is 0.119 e. The zero-order chi connectivity index (χ0) is 21.6. The van der Waals surface area contributed by atoms with Crippen molar-refractivity contribution in [3.8, 4) is 11.5 Å². The van der Waals surface area contributed by atoms with Crippen molar-refractivity contribution in [3.05, 3.63) is 89.7 Å². The number of hydrogen-bond donors (Lipinski definition) is 0. The van der Waals surface area contributed by atoms with Gasteiger partial charge in [0.1, 0.15) is 17.3 Å². The van der Waals surface area contributed by atoms with Gasteiger partial charge in [-0.2, -0.15) is 0 Å². The van der Waals surface area contributed by atoms with Gasteiger partial charge in [-0.1, -0.05) is 50.2 Å². The Hall–Kier alpha value is -3.27. The fourth-order valence-corrected chi connectivity index (χ4v) is 3.80. The van der Waals surface area contributed by atoms with Crippen LogP contribution < -0.4 is 9.47 Å². The first-order chi connectivity index (χ1) is 15.1. The molecule has 0 amide bonds. The lowest BCUT2D eigenvalue weighted by Gasteiger charge is -2.12. The molecule has 0 aliphatic rings. The molecule has 0 aliphatic heterocycles. The van der Waals surface area contributed by atoms with Gasteiger partial charge in [0, 0.05) is 13.0 Å². The number of imidazole rings is 1. The first-order valence-electron chi connectivity index (χ1n) is 10.9. The number of methoxy groups -OCH3 is 1. The van der Waals surface area contributed by atoms with E-state index in [0.717, 1.165) is 42.2 Å². The molecule has 4 aromatic rings. The molecule has 31 heavy (non-hydrogen) atoms. The summed E-state index contributed by atoms with van der Waals surface area (Å²) in [5.41, 5.74) is 4.77. The lowest BCUT2D eigenvalue weighted by molar-refractivity contribution is 0.302. The summed E-state index contributed by atoms with van der Waals surface area (Å²) in [5, 5.41) is 0. The Labute approximate surface area is 184 Å².